The van der Waals surface area contributed by atoms with Gasteiger partial charge in [-0.3, -0.25) is 4.79 Å². The van der Waals surface area contributed by atoms with E-state index in [0.29, 0.717) is 17.1 Å². The number of benzene rings is 1. The third kappa shape index (κ3) is 2.28. The molecule has 0 saturated carbocycles. The van der Waals surface area contributed by atoms with Gasteiger partial charge in [0.15, 0.2) is 5.78 Å². The van der Waals surface area contributed by atoms with Gasteiger partial charge in [0, 0.05) is 12.5 Å². The Morgan fingerprint density at radius 1 is 1.22 bits per heavy atom. The fourth-order valence-corrected chi connectivity index (χ4v) is 2.40. The van der Waals surface area contributed by atoms with E-state index < -0.39 is 17.5 Å². The van der Waals surface area contributed by atoms with E-state index in [2.05, 4.69) is 4.37 Å². The first kappa shape index (κ1) is 12.8. The lowest BCUT2D eigenvalue weighted by Gasteiger charge is -2.08. The molecule has 1 aromatic carbocycles. The van der Waals surface area contributed by atoms with Gasteiger partial charge in [-0.25, -0.2) is 0 Å². The predicted octanol–water partition coefficient (Wildman–Crippen LogP) is 4.03. The zero-order valence-electron chi connectivity index (χ0n) is 9.28. The van der Waals surface area contributed by atoms with E-state index in [9.17, 15) is 18.0 Å². The molecule has 2 rings (SSSR count). The smallest absolute Gasteiger partial charge is 0.294 e. The van der Waals surface area contributed by atoms with Gasteiger partial charge in [0.25, 0.3) is 0 Å². The Balaban J connectivity index is 2.67. The number of aromatic nitrogens is 1. The summed E-state index contributed by atoms with van der Waals surface area (Å²) >= 11 is 0.586. The van der Waals surface area contributed by atoms with Crippen LogP contribution in [0.2, 0.25) is 0 Å². The average molecular weight is 271 g/mol. The Morgan fingerprint density at radius 3 is 2.33 bits per heavy atom. The largest absolute Gasteiger partial charge is 0.420 e. The number of Topliss-reactive ketones (excluding diaryl/α,β-unsaturated/α-hetero) is 1. The standard InChI is InChI=1S/C12H8F3NOS/c1-7(17)11-9(12(13,14)15)10(16-18-11)8-5-3-2-4-6-8/h2-6H,1H3. The van der Waals surface area contributed by atoms with Crippen LogP contribution in [0.5, 0.6) is 0 Å². The number of hydrogen-bond acceptors (Lipinski definition) is 3. The van der Waals surface area contributed by atoms with Gasteiger partial charge in [-0.05, 0) is 11.5 Å². The van der Waals surface area contributed by atoms with Gasteiger partial charge < -0.3 is 0 Å². The average Bonchev–Trinajstić information content (AvgIpc) is 2.74. The minimum Gasteiger partial charge on any atom is -0.294 e. The third-order valence-corrected chi connectivity index (χ3v) is 3.29. The normalized spacial score (nSPS) is 11.6. The van der Waals surface area contributed by atoms with Gasteiger partial charge in [0.2, 0.25) is 0 Å². The maximum absolute atomic E-state index is 13.0. The van der Waals surface area contributed by atoms with E-state index in [1.54, 1.807) is 18.2 Å². The molecule has 0 unspecified atom stereocenters. The first-order chi connectivity index (χ1) is 8.41. The van der Waals surface area contributed by atoms with E-state index in [1.165, 1.54) is 12.1 Å². The number of carbonyl (C=O) groups excluding carboxylic acids is 1. The highest BCUT2D eigenvalue weighted by molar-refractivity contribution is 7.08. The molecule has 0 spiro atoms. The summed E-state index contributed by atoms with van der Waals surface area (Å²) in [7, 11) is 0. The summed E-state index contributed by atoms with van der Waals surface area (Å²) < 4.78 is 42.8. The topological polar surface area (TPSA) is 30.0 Å². The number of nitrogens with zero attached hydrogens (tertiary/aromatic N) is 1. The summed E-state index contributed by atoms with van der Waals surface area (Å²) in [6, 6.07) is 8.03. The highest BCUT2D eigenvalue weighted by atomic mass is 32.1. The second-order valence-electron chi connectivity index (χ2n) is 3.66. The predicted molar refractivity (Wildman–Crippen MR) is 62.6 cm³/mol. The highest BCUT2D eigenvalue weighted by Gasteiger charge is 2.40. The minimum atomic E-state index is -4.58. The number of hydrogen-bond donors (Lipinski definition) is 0. The quantitative estimate of drug-likeness (QED) is 0.772. The van der Waals surface area contributed by atoms with Crippen molar-refractivity contribution in [3.63, 3.8) is 0 Å². The van der Waals surface area contributed by atoms with Crippen molar-refractivity contribution in [2.75, 3.05) is 0 Å². The lowest BCUT2D eigenvalue weighted by Crippen LogP contribution is -2.10. The van der Waals surface area contributed by atoms with E-state index in [1.807, 2.05) is 0 Å². The van der Waals surface area contributed by atoms with Crippen molar-refractivity contribution in [3.8, 4) is 11.3 Å². The van der Waals surface area contributed by atoms with Crippen LogP contribution in [-0.2, 0) is 6.18 Å². The molecule has 0 atom stereocenters. The second-order valence-corrected chi connectivity index (χ2v) is 4.43. The van der Waals surface area contributed by atoms with Crippen molar-refractivity contribution in [2.45, 2.75) is 13.1 Å². The van der Waals surface area contributed by atoms with Crippen LogP contribution < -0.4 is 0 Å². The summed E-state index contributed by atoms with van der Waals surface area (Å²) in [5.74, 6) is -0.623. The summed E-state index contributed by atoms with van der Waals surface area (Å²) in [4.78, 5) is 10.9. The van der Waals surface area contributed by atoms with Crippen molar-refractivity contribution in [1.82, 2.24) is 4.37 Å². The van der Waals surface area contributed by atoms with Gasteiger partial charge >= 0.3 is 6.18 Å². The molecule has 0 aliphatic rings. The first-order valence-corrected chi connectivity index (χ1v) is 5.82. The maximum Gasteiger partial charge on any atom is 0.420 e. The summed E-state index contributed by atoms with van der Waals surface area (Å²) in [6.07, 6.45) is -4.58. The molecule has 2 aromatic rings. The molecule has 6 heteroatoms. The van der Waals surface area contributed by atoms with Gasteiger partial charge in [-0.1, -0.05) is 30.3 Å². The molecule has 0 fully saturated rings. The van der Waals surface area contributed by atoms with Crippen molar-refractivity contribution in [2.24, 2.45) is 0 Å². The Kier molecular flexibility index (Phi) is 3.21. The van der Waals surface area contributed by atoms with Crippen molar-refractivity contribution in [1.29, 1.82) is 0 Å². The molecule has 94 valence electrons. The van der Waals surface area contributed by atoms with Crippen molar-refractivity contribution >= 4 is 17.3 Å². The molecule has 0 bridgehead atoms. The molecule has 0 aliphatic carbocycles. The van der Waals surface area contributed by atoms with Gasteiger partial charge in [0.1, 0.15) is 10.4 Å². The Morgan fingerprint density at radius 2 is 1.83 bits per heavy atom. The maximum atomic E-state index is 13.0. The first-order valence-electron chi connectivity index (χ1n) is 5.04. The fraction of sp³-hybridized carbons (Fsp3) is 0.167. The number of halogens is 3. The van der Waals surface area contributed by atoms with Crippen LogP contribution >= 0.6 is 11.5 Å². The zero-order valence-corrected chi connectivity index (χ0v) is 10.1. The molecule has 0 aliphatic heterocycles. The zero-order chi connectivity index (χ0) is 13.3. The number of alkyl halides is 3. The lowest BCUT2D eigenvalue weighted by molar-refractivity contribution is -0.137. The van der Waals surface area contributed by atoms with Crippen LogP contribution in [0.15, 0.2) is 30.3 Å². The monoisotopic (exact) mass is 271 g/mol. The molecule has 1 aromatic heterocycles. The number of ketones is 1. The fourth-order valence-electron chi connectivity index (χ4n) is 1.59. The van der Waals surface area contributed by atoms with Crippen LogP contribution in [0, 0.1) is 0 Å². The highest BCUT2D eigenvalue weighted by Crippen LogP contribution is 2.40. The van der Waals surface area contributed by atoms with E-state index in [0.717, 1.165) is 6.92 Å². The Labute approximate surface area is 105 Å². The van der Waals surface area contributed by atoms with Gasteiger partial charge in [-0.2, -0.15) is 17.5 Å². The van der Waals surface area contributed by atoms with Crippen LogP contribution in [0.3, 0.4) is 0 Å². The Bertz CT molecular complexity index is 575. The minimum absolute atomic E-state index is 0.182. The molecule has 0 saturated heterocycles. The van der Waals surface area contributed by atoms with Crippen LogP contribution in [0.25, 0.3) is 11.3 Å². The van der Waals surface area contributed by atoms with Crippen LogP contribution in [0.4, 0.5) is 13.2 Å². The van der Waals surface area contributed by atoms with Gasteiger partial charge in [-0.15, -0.1) is 0 Å². The molecule has 0 radical (unpaired) electrons. The molecule has 2 nitrogen and oxygen atoms in total. The lowest BCUT2D eigenvalue weighted by atomic mass is 10.0. The molecule has 0 amide bonds. The van der Waals surface area contributed by atoms with Crippen LogP contribution in [-0.4, -0.2) is 10.2 Å². The Hall–Kier alpha value is -1.69. The second kappa shape index (κ2) is 4.53. The van der Waals surface area contributed by atoms with Crippen molar-refractivity contribution in [3.05, 3.63) is 40.8 Å². The number of carbonyl (C=O) groups is 1. The molecule has 0 N–H and O–H groups in total. The van der Waals surface area contributed by atoms with E-state index >= 15 is 0 Å². The summed E-state index contributed by atoms with van der Waals surface area (Å²) in [5, 5.41) is 0. The van der Waals surface area contributed by atoms with Crippen LogP contribution in [0.1, 0.15) is 22.2 Å². The molecular weight excluding hydrogens is 263 g/mol. The van der Waals surface area contributed by atoms with E-state index in [-0.39, 0.29) is 10.6 Å². The van der Waals surface area contributed by atoms with Gasteiger partial charge in [0.05, 0.1) is 5.69 Å². The number of rotatable bonds is 2. The summed E-state index contributed by atoms with van der Waals surface area (Å²) in [6.45, 7) is 1.11. The third-order valence-electron chi connectivity index (χ3n) is 2.34. The SMILES string of the molecule is CC(=O)c1snc(-c2ccccc2)c1C(F)(F)F. The van der Waals surface area contributed by atoms with E-state index in [4.69, 9.17) is 0 Å². The summed E-state index contributed by atoms with van der Waals surface area (Å²) in [5.41, 5.74) is -0.766. The molecule has 1 heterocycles. The van der Waals surface area contributed by atoms with Crippen molar-refractivity contribution < 1.29 is 18.0 Å². The molecule has 18 heavy (non-hydrogen) atoms. The molecular formula is C12H8F3NOS.